The molecule has 6 heteroatoms. The third kappa shape index (κ3) is 3.94. The van der Waals surface area contributed by atoms with Crippen molar-refractivity contribution in [1.29, 1.82) is 0 Å². The van der Waals surface area contributed by atoms with Gasteiger partial charge in [0.25, 0.3) is 5.91 Å². The lowest BCUT2D eigenvalue weighted by Crippen LogP contribution is -2.28. The highest BCUT2D eigenvalue weighted by Crippen LogP contribution is 2.31. The van der Waals surface area contributed by atoms with Crippen LogP contribution in [0.2, 0.25) is 5.02 Å². The number of rotatable bonds is 4. The second-order valence-electron chi connectivity index (χ2n) is 7.24. The van der Waals surface area contributed by atoms with E-state index in [0.29, 0.717) is 17.5 Å². The van der Waals surface area contributed by atoms with Crippen molar-refractivity contribution in [2.75, 3.05) is 7.05 Å². The van der Waals surface area contributed by atoms with Crippen LogP contribution in [0.3, 0.4) is 0 Å². The van der Waals surface area contributed by atoms with E-state index in [1.54, 1.807) is 31.3 Å². The molecular formula is C24H19ClFNO3. The van der Waals surface area contributed by atoms with Gasteiger partial charge in [0.1, 0.15) is 11.9 Å². The Morgan fingerprint density at radius 2 is 1.90 bits per heavy atom. The van der Waals surface area contributed by atoms with Gasteiger partial charge in [0.15, 0.2) is 0 Å². The van der Waals surface area contributed by atoms with Crippen molar-refractivity contribution in [2.45, 2.75) is 19.1 Å². The molecule has 0 saturated heterocycles. The van der Waals surface area contributed by atoms with E-state index in [2.05, 4.69) is 0 Å². The molecule has 1 atom stereocenters. The third-order valence-electron chi connectivity index (χ3n) is 5.20. The Kier molecular flexibility index (Phi) is 5.55. The molecule has 0 aromatic heterocycles. The second-order valence-corrected chi connectivity index (χ2v) is 7.65. The fourth-order valence-corrected chi connectivity index (χ4v) is 3.82. The number of carbonyl (C=O) groups excluding carboxylic acids is 2. The molecule has 1 aliphatic rings. The molecule has 0 saturated carbocycles. The minimum atomic E-state index is -0.457. The number of fused-ring (bicyclic) bond motifs is 1. The summed E-state index contributed by atoms with van der Waals surface area (Å²) in [5.74, 6) is -1.15. The van der Waals surface area contributed by atoms with E-state index >= 15 is 0 Å². The fraction of sp³-hybridized carbons (Fsp3) is 0.167. The highest BCUT2D eigenvalue weighted by molar-refractivity contribution is 6.31. The van der Waals surface area contributed by atoms with Crippen LogP contribution in [0, 0.1) is 5.82 Å². The first-order valence-electron chi connectivity index (χ1n) is 9.51. The van der Waals surface area contributed by atoms with Gasteiger partial charge < -0.3 is 9.64 Å². The minimum Gasteiger partial charge on any atom is -0.454 e. The van der Waals surface area contributed by atoms with Gasteiger partial charge in [-0.3, -0.25) is 4.79 Å². The monoisotopic (exact) mass is 423 g/mol. The molecular weight excluding hydrogens is 405 g/mol. The second kappa shape index (κ2) is 8.28. The van der Waals surface area contributed by atoms with Crippen LogP contribution >= 0.6 is 11.6 Å². The Hall–Kier alpha value is -3.18. The van der Waals surface area contributed by atoms with Gasteiger partial charge in [-0.15, -0.1) is 0 Å². The molecule has 4 rings (SSSR count). The van der Waals surface area contributed by atoms with Crippen LogP contribution in [-0.2, 0) is 17.7 Å². The number of hydrogen-bond donors (Lipinski definition) is 0. The van der Waals surface area contributed by atoms with Gasteiger partial charge in [0.05, 0.1) is 5.56 Å². The molecule has 0 radical (unpaired) electrons. The van der Waals surface area contributed by atoms with Crippen LogP contribution < -0.4 is 0 Å². The Labute approximate surface area is 178 Å². The van der Waals surface area contributed by atoms with Crippen molar-refractivity contribution < 1.29 is 18.7 Å². The summed E-state index contributed by atoms with van der Waals surface area (Å²) < 4.78 is 19.6. The van der Waals surface area contributed by atoms with E-state index in [4.69, 9.17) is 16.3 Å². The molecule has 0 aliphatic carbocycles. The molecule has 1 aliphatic heterocycles. The van der Waals surface area contributed by atoms with Gasteiger partial charge in [0, 0.05) is 36.2 Å². The number of hydrogen-bond acceptors (Lipinski definition) is 3. The predicted molar refractivity (Wildman–Crippen MR) is 112 cm³/mol. The number of esters is 1. The highest BCUT2D eigenvalue weighted by Gasteiger charge is 2.28. The van der Waals surface area contributed by atoms with Gasteiger partial charge in [-0.25, -0.2) is 9.18 Å². The lowest BCUT2D eigenvalue weighted by molar-refractivity contribution is 0.0252. The van der Waals surface area contributed by atoms with E-state index in [1.165, 1.54) is 17.0 Å². The maximum Gasteiger partial charge on any atom is 0.339 e. The summed E-state index contributed by atoms with van der Waals surface area (Å²) in [6.45, 7) is 0.0378. The molecule has 3 aromatic carbocycles. The molecule has 4 nitrogen and oxygen atoms in total. The number of halogens is 2. The number of ether oxygens (including phenoxy) is 1. The van der Waals surface area contributed by atoms with Gasteiger partial charge in [-0.2, -0.15) is 0 Å². The zero-order valence-electron chi connectivity index (χ0n) is 16.3. The summed E-state index contributed by atoms with van der Waals surface area (Å²) in [5, 5.41) is 0.272. The van der Waals surface area contributed by atoms with Crippen molar-refractivity contribution in [2.24, 2.45) is 0 Å². The van der Waals surface area contributed by atoms with Crippen molar-refractivity contribution >= 4 is 23.5 Å². The molecule has 1 heterocycles. The first-order valence-corrected chi connectivity index (χ1v) is 9.89. The zero-order chi connectivity index (χ0) is 21.3. The van der Waals surface area contributed by atoms with Crippen LogP contribution in [0.25, 0.3) is 0 Å². The average molecular weight is 424 g/mol. The van der Waals surface area contributed by atoms with E-state index in [0.717, 1.165) is 11.1 Å². The summed E-state index contributed by atoms with van der Waals surface area (Å²) in [6.07, 6.45) is 0.0845. The molecule has 0 spiro atoms. The highest BCUT2D eigenvalue weighted by atomic mass is 35.5. The Morgan fingerprint density at radius 3 is 2.63 bits per heavy atom. The standard InChI is InChI=1S/C24H19ClFNO3/c1-27(14-19-20(25)8-5-9-21(19)26)23(28)16-10-11-18-17(12-16)13-22(30-24(18)29)15-6-3-2-4-7-15/h2-12,22H,13-14H2,1H3/t22-/m1/s1. The molecule has 152 valence electrons. The average Bonchev–Trinajstić information content (AvgIpc) is 2.76. The van der Waals surface area contributed by atoms with Gasteiger partial charge in [-0.05, 0) is 41.5 Å². The minimum absolute atomic E-state index is 0.0378. The van der Waals surface area contributed by atoms with Crippen molar-refractivity contribution in [3.8, 4) is 0 Å². The largest absolute Gasteiger partial charge is 0.454 e. The van der Waals surface area contributed by atoms with E-state index in [-0.39, 0.29) is 23.0 Å². The quantitative estimate of drug-likeness (QED) is 0.541. The normalized spacial score (nSPS) is 15.3. The number of nitrogens with zero attached hydrogens (tertiary/aromatic N) is 1. The first-order chi connectivity index (χ1) is 14.4. The summed E-state index contributed by atoms with van der Waals surface area (Å²) in [7, 11) is 1.59. The lowest BCUT2D eigenvalue weighted by atomic mass is 9.93. The van der Waals surface area contributed by atoms with Crippen molar-refractivity contribution in [3.05, 3.63) is 105 Å². The number of benzene rings is 3. The van der Waals surface area contributed by atoms with Crippen molar-refractivity contribution in [1.82, 2.24) is 4.90 Å². The van der Waals surface area contributed by atoms with Gasteiger partial charge in [-0.1, -0.05) is 48.0 Å². The molecule has 30 heavy (non-hydrogen) atoms. The summed E-state index contributed by atoms with van der Waals surface area (Å²) >= 11 is 6.08. The van der Waals surface area contributed by atoms with Crippen LogP contribution in [0.4, 0.5) is 4.39 Å². The maximum absolute atomic E-state index is 14.1. The molecule has 3 aromatic rings. The molecule has 0 unspecified atom stereocenters. The lowest BCUT2D eigenvalue weighted by Gasteiger charge is -2.26. The van der Waals surface area contributed by atoms with E-state index in [9.17, 15) is 14.0 Å². The smallest absolute Gasteiger partial charge is 0.339 e. The maximum atomic E-state index is 14.1. The van der Waals surface area contributed by atoms with E-state index < -0.39 is 17.9 Å². The van der Waals surface area contributed by atoms with Gasteiger partial charge in [0.2, 0.25) is 0 Å². The van der Waals surface area contributed by atoms with Crippen molar-refractivity contribution in [3.63, 3.8) is 0 Å². The van der Waals surface area contributed by atoms with Crippen LogP contribution in [-0.4, -0.2) is 23.8 Å². The Bertz CT molecular complexity index is 1100. The first kappa shape index (κ1) is 20.1. The van der Waals surface area contributed by atoms with Crippen LogP contribution in [0.5, 0.6) is 0 Å². The third-order valence-corrected chi connectivity index (χ3v) is 5.56. The SMILES string of the molecule is CN(Cc1c(F)cccc1Cl)C(=O)c1ccc2c(c1)C[C@H](c1ccccc1)OC2=O. The molecule has 1 amide bonds. The zero-order valence-corrected chi connectivity index (χ0v) is 17.0. The number of amides is 1. The molecule has 0 fully saturated rings. The van der Waals surface area contributed by atoms with E-state index in [1.807, 2.05) is 30.3 Å². The van der Waals surface area contributed by atoms with Gasteiger partial charge >= 0.3 is 5.97 Å². The number of carbonyl (C=O) groups is 2. The Morgan fingerprint density at radius 1 is 1.13 bits per heavy atom. The molecule has 0 N–H and O–H groups in total. The summed E-state index contributed by atoms with van der Waals surface area (Å²) in [5.41, 5.74) is 2.80. The Balaban J connectivity index is 1.57. The van der Waals surface area contributed by atoms with Crippen LogP contribution in [0.1, 0.15) is 43.5 Å². The summed E-state index contributed by atoms with van der Waals surface area (Å²) in [4.78, 5) is 26.8. The fourth-order valence-electron chi connectivity index (χ4n) is 3.60. The molecule has 0 bridgehead atoms. The number of cyclic esters (lactones) is 1. The van der Waals surface area contributed by atoms with Crippen LogP contribution in [0.15, 0.2) is 66.7 Å². The summed E-state index contributed by atoms with van der Waals surface area (Å²) in [6, 6.07) is 18.8. The topological polar surface area (TPSA) is 46.6 Å². The predicted octanol–water partition coefficient (Wildman–Crippen LogP) is 5.21.